The summed E-state index contributed by atoms with van der Waals surface area (Å²) in [5, 5.41) is 0. The topological polar surface area (TPSA) is 0 Å². The van der Waals surface area contributed by atoms with Gasteiger partial charge in [-0.15, -0.1) is 0 Å². The fourth-order valence-electron chi connectivity index (χ4n) is 3.50. The lowest BCUT2D eigenvalue weighted by atomic mass is 9.85. The summed E-state index contributed by atoms with van der Waals surface area (Å²) in [5.41, 5.74) is 6.70. The van der Waals surface area contributed by atoms with Crippen LogP contribution in [0.5, 0.6) is 0 Å². The third-order valence-corrected chi connectivity index (χ3v) is 4.17. The molecule has 16 heavy (non-hydrogen) atoms. The molecule has 0 heterocycles. The van der Waals surface area contributed by atoms with Crippen molar-refractivity contribution in [2.75, 3.05) is 0 Å². The van der Waals surface area contributed by atoms with Crippen molar-refractivity contribution >= 4 is 5.57 Å². The molecular formula is C16H20. The van der Waals surface area contributed by atoms with E-state index in [1.54, 1.807) is 22.3 Å². The molecule has 1 aromatic rings. The molecule has 0 nitrogen and oxygen atoms in total. The zero-order valence-corrected chi connectivity index (χ0v) is 10.1. The molecule has 0 saturated heterocycles. The maximum atomic E-state index is 2.36. The van der Waals surface area contributed by atoms with Crippen LogP contribution in [-0.4, -0.2) is 0 Å². The van der Waals surface area contributed by atoms with E-state index in [9.17, 15) is 0 Å². The summed E-state index contributed by atoms with van der Waals surface area (Å²) in [6.07, 6.45) is 8.13. The molecule has 0 fully saturated rings. The molecule has 1 unspecified atom stereocenters. The molecule has 1 atom stereocenters. The van der Waals surface area contributed by atoms with Crippen molar-refractivity contribution in [1.82, 2.24) is 0 Å². The Kier molecular flexibility index (Phi) is 2.59. The van der Waals surface area contributed by atoms with Crippen LogP contribution in [0.25, 0.3) is 5.57 Å². The predicted octanol–water partition coefficient (Wildman–Crippen LogP) is 4.91. The van der Waals surface area contributed by atoms with Gasteiger partial charge < -0.3 is 0 Å². The first-order chi connectivity index (χ1) is 7.92. The van der Waals surface area contributed by atoms with E-state index in [0.29, 0.717) is 0 Å². The Hall–Kier alpha value is -1.04. The molecule has 0 amide bonds. The van der Waals surface area contributed by atoms with Crippen LogP contribution in [0, 0.1) is 0 Å². The molecule has 0 aliphatic heterocycles. The fraction of sp³-hybridized carbons (Fsp3) is 0.500. The number of fused-ring (bicyclic) bond motifs is 2. The van der Waals surface area contributed by atoms with E-state index in [1.807, 2.05) is 0 Å². The first kappa shape index (κ1) is 10.1. The van der Waals surface area contributed by atoms with Crippen molar-refractivity contribution in [1.29, 1.82) is 0 Å². The molecular weight excluding hydrogens is 192 g/mol. The van der Waals surface area contributed by atoms with Gasteiger partial charge in [-0.25, -0.2) is 0 Å². The minimum absolute atomic E-state index is 0.761. The standard InChI is InChI=1S/C16H20/c1-2-7-12-13-8-3-5-10-15(13)16-11-6-4-9-14(12)16/h3,5,8,10,12H,2,4,6-7,9,11H2,1H3. The van der Waals surface area contributed by atoms with Crippen LogP contribution in [-0.2, 0) is 0 Å². The Labute approximate surface area is 98.4 Å². The number of rotatable bonds is 2. The maximum Gasteiger partial charge on any atom is 0.00601 e. The summed E-state index contributed by atoms with van der Waals surface area (Å²) in [6, 6.07) is 9.10. The van der Waals surface area contributed by atoms with Gasteiger partial charge in [-0.05, 0) is 48.8 Å². The monoisotopic (exact) mass is 212 g/mol. The summed E-state index contributed by atoms with van der Waals surface area (Å²) in [4.78, 5) is 0. The minimum atomic E-state index is 0.761. The Morgan fingerprint density at radius 1 is 1.12 bits per heavy atom. The normalized spacial score (nSPS) is 23.2. The SMILES string of the molecule is CCCC1C2=C(CCCC2)c2ccccc21. The molecule has 0 saturated carbocycles. The molecule has 1 aromatic carbocycles. The molecule has 0 bridgehead atoms. The third-order valence-electron chi connectivity index (χ3n) is 4.17. The van der Waals surface area contributed by atoms with Gasteiger partial charge in [0.05, 0.1) is 0 Å². The zero-order chi connectivity index (χ0) is 11.0. The second kappa shape index (κ2) is 4.08. The highest BCUT2D eigenvalue weighted by molar-refractivity contribution is 5.78. The molecule has 84 valence electrons. The maximum absolute atomic E-state index is 2.36. The lowest BCUT2D eigenvalue weighted by Crippen LogP contribution is -2.01. The van der Waals surface area contributed by atoms with Gasteiger partial charge in [0.25, 0.3) is 0 Å². The van der Waals surface area contributed by atoms with Gasteiger partial charge in [0, 0.05) is 5.92 Å². The van der Waals surface area contributed by atoms with Crippen LogP contribution >= 0.6 is 0 Å². The molecule has 3 rings (SSSR count). The predicted molar refractivity (Wildman–Crippen MR) is 69.5 cm³/mol. The van der Waals surface area contributed by atoms with E-state index in [0.717, 1.165) is 5.92 Å². The highest BCUT2D eigenvalue weighted by Gasteiger charge is 2.30. The van der Waals surface area contributed by atoms with Gasteiger partial charge in [0.15, 0.2) is 0 Å². The molecule has 2 aliphatic carbocycles. The van der Waals surface area contributed by atoms with E-state index >= 15 is 0 Å². The van der Waals surface area contributed by atoms with Crippen molar-refractivity contribution < 1.29 is 0 Å². The zero-order valence-electron chi connectivity index (χ0n) is 10.1. The third kappa shape index (κ3) is 1.43. The van der Waals surface area contributed by atoms with Crippen molar-refractivity contribution in [2.24, 2.45) is 0 Å². The Morgan fingerprint density at radius 3 is 2.81 bits per heavy atom. The van der Waals surface area contributed by atoms with Crippen LogP contribution in [0.15, 0.2) is 29.8 Å². The van der Waals surface area contributed by atoms with E-state index in [4.69, 9.17) is 0 Å². The minimum Gasteiger partial charge on any atom is -0.0653 e. The summed E-state index contributed by atoms with van der Waals surface area (Å²) >= 11 is 0. The van der Waals surface area contributed by atoms with Crippen LogP contribution in [0.1, 0.15) is 62.5 Å². The van der Waals surface area contributed by atoms with Crippen LogP contribution in [0.4, 0.5) is 0 Å². The second-order valence-corrected chi connectivity index (χ2v) is 5.14. The van der Waals surface area contributed by atoms with Crippen molar-refractivity contribution in [3.05, 3.63) is 41.0 Å². The van der Waals surface area contributed by atoms with Crippen molar-refractivity contribution in [3.63, 3.8) is 0 Å². The Bertz CT molecular complexity index is 425. The van der Waals surface area contributed by atoms with Gasteiger partial charge >= 0.3 is 0 Å². The van der Waals surface area contributed by atoms with Gasteiger partial charge in [0.2, 0.25) is 0 Å². The summed E-state index contributed by atoms with van der Waals surface area (Å²) < 4.78 is 0. The van der Waals surface area contributed by atoms with Crippen LogP contribution in [0.2, 0.25) is 0 Å². The highest BCUT2D eigenvalue weighted by Crippen LogP contribution is 2.49. The van der Waals surface area contributed by atoms with E-state index in [2.05, 4.69) is 31.2 Å². The first-order valence-corrected chi connectivity index (χ1v) is 6.73. The summed E-state index contributed by atoms with van der Waals surface area (Å²) in [5.74, 6) is 0.761. The summed E-state index contributed by atoms with van der Waals surface area (Å²) in [6.45, 7) is 2.31. The summed E-state index contributed by atoms with van der Waals surface area (Å²) in [7, 11) is 0. The molecule has 0 N–H and O–H groups in total. The van der Waals surface area contributed by atoms with E-state index < -0.39 is 0 Å². The Balaban J connectivity index is 2.08. The largest absolute Gasteiger partial charge is 0.0653 e. The number of benzene rings is 1. The van der Waals surface area contributed by atoms with Crippen molar-refractivity contribution in [3.8, 4) is 0 Å². The lowest BCUT2D eigenvalue weighted by Gasteiger charge is -2.19. The Morgan fingerprint density at radius 2 is 1.94 bits per heavy atom. The number of hydrogen-bond donors (Lipinski definition) is 0. The van der Waals surface area contributed by atoms with Gasteiger partial charge in [0.1, 0.15) is 0 Å². The molecule has 0 spiro atoms. The van der Waals surface area contributed by atoms with Gasteiger partial charge in [-0.2, -0.15) is 0 Å². The fourth-order valence-corrected chi connectivity index (χ4v) is 3.50. The molecule has 0 aromatic heterocycles. The lowest BCUT2D eigenvalue weighted by molar-refractivity contribution is 0.628. The van der Waals surface area contributed by atoms with Crippen molar-refractivity contribution in [2.45, 2.75) is 51.4 Å². The second-order valence-electron chi connectivity index (χ2n) is 5.14. The van der Waals surface area contributed by atoms with Gasteiger partial charge in [-0.3, -0.25) is 0 Å². The van der Waals surface area contributed by atoms with Crippen LogP contribution < -0.4 is 0 Å². The van der Waals surface area contributed by atoms with E-state index in [1.165, 1.54) is 38.5 Å². The molecule has 0 radical (unpaired) electrons. The first-order valence-electron chi connectivity index (χ1n) is 6.73. The quantitative estimate of drug-likeness (QED) is 0.653. The molecule has 0 heteroatoms. The highest BCUT2D eigenvalue weighted by atomic mass is 14.3. The van der Waals surface area contributed by atoms with E-state index in [-0.39, 0.29) is 0 Å². The smallest absolute Gasteiger partial charge is 0.00601 e. The van der Waals surface area contributed by atoms with Crippen LogP contribution in [0.3, 0.4) is 0 Å². The average molecular weight is 212 g/mol. The number of allylic oxidation sites excluding steroid dienone is 2. The number of hydrogen-bond acceptors (Lipinski definition) is 0. The average Bonchev–Trinajstić information content (AvgIpc) is 2.66. The molecule has 2 aliphatic rings. The van der Waals surface area contributed by atoms with Gasteiger partial charge in [-0.1, -0.05) is 43.2 Å².